The molecule has 1 unspecified atom stereocenters. The summed E-state index contributed by atoms with van der Waals surface area (Å²) in [7, 11) is 0. The standard InChI is InChI=1S/C17H15F3N2O/c18-17(19,20)12-6-2-4-8-14(12)22-16(23)15-10-9-11-5-1-3-7-13(11)21-15/h1-8,15,21H,9-10H2,(H,22,23). The molecular formula is C17H15F3N2O. The first-order valence-corrected chi connectivity index (χ1v) is 7.26. The molecule has 23 heavy (non-hydrogen) atoms. The number of alkyl halides is 3. The van der Waals surface area contributed by atoms with E-state index in [2.05, 4.69) is 10.6 Å². The third kappa shape index (κ3) is 3.31. The van der Waals surface area contributed by atoms with Crippen LogP contribution >= 0.6 is 0 Å². The van der Waals surface area contributed by atoms with Crippen molar-refractivity contribution in [3.05, 3.63) is 59.7 Å². The Labute approximate surface area is 131 Å². The zero-order valence-corrected chi connectivity index (χ0v) is 12.2. The maximum Gasteiger partial charge on any atom is 0.418 e. The fourth-order valence-electron chi connectivity index (χ4n) is 2.69. The molecule has 0 fully saturated rings. The SMILES string of the molecule is O=C(Nc1ccccc1C(F)(F)F)C1CCc2ccccc2N1. The Bertz CT molecular complexity index is 728. The summed E-state index contributed by atoms with van der Waals surface area (Å²) in [6, 6.07) is 12.0. The number of aryl methyl sites for hydroxylation is 1. The van der Waals surface area contributed by atoms with Crippen molar-refractivity contribution in [3.8, 4) is 0 Å². The van der Waals surface area contributed by atoms with Crippen molar-refractivity contribution in [3.63, 3.8) is 0 Å². The van der Waals surface area contributed by atoms with E-state index in [4.69, 9.17) is 0 Å². The number of hydrogen-bond acceptors (Lipinski definition) is 2. The zero-order valence-electron chi connectivity index (χ0n) is 12.2. The van der Waals surface area contributed by atoms with Crippen molar-refractivity contribution in [1.82, 2.24) is 0 Å². The number of carbonyl (C=O) groups is 1. The van der Waals surface area contributed by atoms with E-state index in [1.54, 1.807) is 0 Å². The molecule has 1 atom stereocenters. The highest BCUT2D eigenvalue weighted by atomic mass is 19.4. The monoisotopic (exact) mass is 320 g/mol. The van der Waals surface area contributed by atoms with Crippen LogP contribution in [0.25, 0.3) is 0 Å². The van der Waals surface area contributed by atoms with Gasteiger partial charge in [-0.15, -0.1) is 0 Å². The number of hydrogen-bond donors (Lipinski definition) is 2. The van der Waals surface area contributed by atoms with Crippen molar-refractivity contribution in [2.24, 2.45) is 0 Å². The van der Waals surface area contributed by atoms with Gasteiger partial charge in [-0.05, 0) is 36.6 Å². The number of amides is 1. The van der Waals surface area contributed by atoms with E-state index >= 15 is 0 Å². The quantitative estimate of drug-likeness (QED) is 0.876. The van der Waals surface area contributed by atoms with Gasteiger partial charge in [0.25, 0.3) is 0 Å². The molecule has 1 heterocycles. The molecule has 1 aliphatic heterocycles. The predicted molar refractivity (Wildman–Crippen MR) is 82.2 cm³/mol. The van der Waals surface area contributed by atoms with Gasteiger partial charge in [0.15, 0.2) is 0 Å². The highest BCUT2D eigenvalue weighted by Gasteiger charge is 2.34. The van der Waals surface area contributed by atoms with Crippen LogP contribution in [-0.4, -0.2) is 11.9 Å². The van der Waals surface area contributed by atoms with Gasteiger partial charge >= 0.3 is 6.18 Å². The summed E-state index contributed by atoms with van der Waals surface area (Å²) in [5.74, 6) is -0.462. The van der Waals surface area contributed by atoms with Crippen LogP contribution in [0.5, 0.6) is 0 Å². The minimum atomic E-state index is -4.50. The molecule has 1 amide bonds. The predicted octanol–water partition coefficient (Wildman–Crippen LogP) is 4.07. The third-order valence-corrected chi connectivity index (χ3v) is 3.86. The fourth-order valence-corrected chi connectivity index (χ4v) is 2.69. The van der Waals surface area contributed by atoms with Crippen molar-refractivity contribution in [1.29, 1.82) is 0 Å². The first-order valence-electron chi connectivity index (χ1n) is 7.26. The normalized spacial score (nSPS) is 17.1. The average Bonchev–Trinajstić information content (AvgIpc) is 2.54. The lowest BCUT2D eigenvalue weighted by Gasteiger charge is -2.26. The van der Waals surface area contributed by atoms with Gasteiger partial charge in [-0.1, -0.05) is 30.3 Å². The molecule has 0 saturated carbocycles. The molecular weight excluding hydrogens is 305 g/mol. The number of para-hydroxylation sites is 2. The molecule has 2 aromatic carbocycles. The second-order valence-corrected chi connectivity index (χ2v) is 5.43. The minimum Gasteiger partial charge on any atom is -0.373 e. The molecule has 3 nitrogen and oxygen atoms in total. The summed E-state index contributed by atoms with van der Waals surface area (Å²) < 4.78 is 38.9. The number of nitrogens with one attached hydrogen (secondary N) is 2. The lowest BCUT2D eigenvalue weighted by Crippen LogP contribution is -2.38. The number of carbonyl (C=O) groups excluding carboxylic acids is 1. The summed E-state index contributed by atoms with van der Waals surface area (Å²) in [4.78, 5) is 12.3. The van der Waals surface area contributed by atoms with Gasteiger partial charge in [-0.3, -0.25) is 4.79 Å². The number of fused-ring (bicyclic) bond motifs is 1. The maximum atomic E-state index is 13.0. The Morgan fingerprint density at radius 3 is 2.57 bits per heavy atom. The van der Waals surface area contributed by atoms with Crippen LogP contribution in [0.3, 0.4) is 0 Å². The molecule has 120 valence electrons. The van der Waals surface area contributed by atoms with Crippen LogP contribution in [0.1, 0.15) is 17.5 Å². The van der Waals surface area contributed by atoms with Gasteiger partial charge in [-0.2, -0.15) is 13.2 Å². The Balaban J connectivity index is 1.76. The molecule has 0 aliphatic carbocycles. The molecule has 0 radical (unpaired) electrons. The molecule has 6 heteroatoms. The van der Waals surface area contributed by atoms with Gasteiger partial charge in [0, 0.05) is 5.69 Å². The van der Waals surface area contributed by atoms with Gasteiger partial charge < -0.3 is 10.6 Å². The van der Waals surface area contributed by atoms with Crippen LogP contribution in [0.2, 0.25) is 0 Å². The minimum absolute atomic E-state index is 0.217. The van der Waals surface area contributed by atoms with Crippen LogP contribution in [0, 0.1) is 0 Å². The molecule has 0 aromatic heterocycles. The van der Waals surface area contributed by atoms with Crippen molar-refractivity contribution < 1.29 is 18.0 Å². The second kappa shape index (κ2) is 5.95. The van der Waals surface area contributed by atoms with Crippen molar-refractivity contribution in [2.75, 3.05) is 10.6 Å². The zero-order chi connectivity index (χ0) is 16.4. The number of halogens is 3. The van der Waals surface area contributed by atoms with Gasteiger partial charge in [0.2, 0.25) is 5.91 Å². The summed E-state index contributed by atoms with van der Waals surface area (Å²) >= 11 is 0. The molecule has 0 saturated heterocycles. The second-order valence-electron chi connectivity index (χ2n) is 5.43. The van der Waals surface area contributed by atoms with E-state index in [9.17, 15) is 18.0 Å². The van der Waals surface area contributed by atoms with Crippen LogP contribution in [0.4, 0.5) is 24.5 Å². The average molecular weight is 320 g/mol. The smallest absolute Gasteiger partial charge is 0.373 e. The van der Waals surface area contributed by atoms with E-state index in [1.165, 1.54) is 18.2 Å². The van der Waals surface area contributed by atoms with Gasteiger partial charge in [-0.25, -0.2) is 0 Å². The van der Waals surface area contributed by atoms with Gasteiger partial charge in [0.1, 0.15) is 6.04 Å². The number of anilines is 2. The van der Waals surface area contributed by atoms with Crippen molar-refractivity contribution >= 4 is 17.3 Å². The lowest BCUT2D eigenvalue weighted by atomic mass is 9.97. The largest absolute Gasteiger partial charge is 0.418 e. The molecule has 2 aromatic rings. The van der Waals surface area contributed by atoms with Crippen LogP contribution in [-0.2, 0) is 17.4 Å². The molecule has 3 rings (SSSR count). The van der Waals surface area contributed by atoms with E-state index < -0.39 is 23.7 Å². The Hall–Kier alpha value is -2.50. The Morgan fingerprint density at radius 2 is 1.78 bits per heavy atom. The first kappa shape index (κ1) is 15.4. The summed E-state index contributed by atoms with van der Waals surface area (Å²) in [6.45, 7) is 0. The maximum absolute atomic E-state index is 13.0. The topological polar surface area (TPSA) is 41.1 Å². The summed E-state index contributed by atoms with van der Waals surface area (Å²) in [5, 5.41) is 5.48. The van der Waals surface area contributed by atoms with E-state index in [0.29, 0.717) is 12.8 Å². The molecule has 0 bridgehead atoms. The number of rotatable bonds is 2. The summed E-state index contributed by atoms with van der Waals surface area (Å²) in [5.41, 5.74) is 0.894. The van der Waals surface area contributed by atoms with Crippen LogP contribution in [0.15, 0.2) is 48.5 Å². The van der Waals surface area contributed by atoms with Crippen molar-refractivity contribution in [2.45, 2.75) is 25.1 Å². The van der Waals surface area contributed by atoms with E-state index in [1.807, 2.05) is 24.3 Å². The molecule has 1 aliphatic rings. The van der Waals surface area contributed by atoms with E-state index in [-0.39, 0.29) is 5.69 Å². The number of benzene rings is 2. The molecule has 0 spiro atoms. The highest BCUT2D eigenvalue weighted by Crippen LogP contribution is 2.35. The Kier molecular flexibility index (Phi) is 3.98. The van der Waals surface area contributed by atoms with Gasteiger partial charge in [0.05, 0.1) is 11.3 Å². The highest BCUT2D eigenvalue weighted by molar-refractivity contribution is 5.97. The lowest BCUT2D eigenvalue weighted by molar-refractivity contribution is -0.137. The molecule has 2 N–H and O–H groups in total. The van der Waals surface area contributed by atoms with E-state index in [0.717, 1.165) is 17.3 Å². The Morgan fingerprint density at radius 1 is 1.09 bits per heavy atom. The fraction of sp³-hybridized carbons (Fsp3) is 0.235. The summed E-state index contributed by atoms with van der Waals surface area (Å²) in [6.07, 6.45) is -3.25. The van der Waals surface area contributed by atoms with Crippen LogP contribution < -0.4 is 10.6 Å². The first-order chi connectivity index (χ1) is 10.9. The third-order valence-electron chi connectivity index (χ3n) is 3.86.